The Balaban J connectivity index is 2.55. The highest BCUT2D eigenvalue weighted by atomic mass is 16.5. The Kier molecular flexibility index (Phi) is 5.42. The van der Waals surface area contributed by atoms with E-state index in [2.05, 4.69) is 4.98 Å². The Morgan fingerprint density at radius 3 is 2.76 bits per heavy atom. The first-order valence-electron chi connectivity index (χ1n) is 5.56. The number of rotatable bonds is 7. The molecule has 1 aromatic heterocycles. The van der Waals surface area contributed by atoms with E-state index in [4.69, 9.17) is 14.6 Å². The Hall–Kier alpha value is -1.62. The summed E-state index contributed by atoms with van der Waals surface area (Å²) < 4.78 is 10.6. The van der Waals surface area contributed by atoms with Crippen molar-refractivity contribution in [3.8, 4) is 5.75 Å². The van der Waals surface area contributed by atoms with Gasteiger partial charge in [0.05, 0.1) is 6.61 Å². The molecule has 0 bridgehead atoms. The van der Waals surface area contributed by atoms with Crippen LogP contribution in [0.25, 0.3) is 0 Å². The monoisotopic (exact) mass is 239 g/mol. The number of carboxylic acid groups (broad SMARTS) is 1. The molecule has 17 heavy (non-hydrogen) atoms. The van der Waals surface area contributed by atoms with Crippen LogP contribution < -0.4 is 4.74 Å². The van der Waals surface area contributed by atoms with Gasteiger partial charge in [-0.25, -0.2) is 9.78 Å². The van der Waals surface area contributed by atoms with Crippen molar-refractivity contribution in [1.29, 1.82) is 0 Å². The number of aromatic nitrogens is 1. The van der Waals surface area contributed by atoms with Gasteiger partial charge in [0.1, 0.15) is 6.61 Å². The Morgan fingerprint density at radius 2 is 2.12 bits per heavy atom. The molecule has 0 atom stereocenters. The summed E-state index contributed by atoms with van der Waals surface area (Å²) in [6.07, 6.45) is 0.951. The van der Waals surface area contributed by atoms with E-state index >= 15 is 0 Å². The third kappa shape index (κ3) is 4.40. The normalized spacial score (nSPS) is 10.2. The summed E-state index contributed by atoms with van der Waals surface area (Å²) in [4.78, 5) is 14.9. The summed E-state index contributed by atoms with van der Waals surface area (Å²) >= 11 is 0. The molecule has 0 aliphatic rings. The second kappa shape index (κ2) is 6.85. The summed E-state index contributed by atoms with van der Waals surface area (Å²) in [5, 5.41) is 8.96. The second-order valence-electron chi connectivity index (χ2n) is 3.57. The predicted molar refractivity (Wildman–Crippen MR) is 62.5 cm³/mol. The molecule has 0 spiro atoms. The molecule has 0 radical (unpaired) electrons. The molecular formula is C12H17NO4. The van der Waals surface area contributed by atoms with Crippen molar-refractivity contribution >= 4 is 5.97 Å². The number of carbonyl (C=O) groups is 1. The van der Waals surface area contributed by atoms with Crippen molar-refractivity contribution < 1.29 is 19.4 Å². The van der Waals surface area contributed by atoms with Crippen LogP contribution in [0.4, 0.5) is 0 Å². The fraction of sp³-hybridized carbons (Fsp3) is 0.500. The summed E-state index contributed by atoms with van der Waals surface area (Å²) in [5.41, 5.74) is 0.595. The minimum atomic E-state index is -1.09. The van der Waals surface area contributed by atoms with Crippen LogP contribution in [0.2, 0.25) is 0 Å². The number of hydrogen-bond acceptors (Lipinski definition) is 4. The van der Waals surface area contributed by atoms with Crippen LogP contribution in [0.5, 0.6) is 5.75 Å². The van der Waals surface area contributed by atoms with Crippen LogP contribution in [0, 0.1) is 6.92 Å². The van der Waals surface area contributed by atoms with Crippen molar-refractivity contribution in [1.82, 2.24) is 4.98 Å². The van der Waals surface area contributed by atoms with Gasteiger partial charge in [-0.1, -0.05) is 6.92 Å². The van der Waals surface area contributed by atoms with Crippen LogP contribution in [0.1, 0.15) is 29.5 Å². The van der Waals surface area contributed by atoms with E-state index in [0.717, 1.165) is 6.42 Å². The maximum Gasteiger partial charge on any atom is 0.358 e. The van der Waals surface area contributed by atoms with E-state index in [9.17, 15) is 4.79 Å². The molecule has 1 aromatic rings. The average molecular weight is 239 g/mol. The van der Waals surface area contributed by atoms with E-state index < -0.39 is 5.97 Å². The highest BCUT2D eigenvalue weighted by molar-refractivity contribution is 5.88. The average Bonchev–Trinajstić information content (AvgIpc) is 2.30. The molecule has 94 valence electrons. The van der Waals surface area contributed by atoms with Gasteiger partial charge < -0.3 is 14.6 Å². The number of hydrogen-bond donors (Lipinski definition) is 1. The number of carboxylic acids is 1. The van der Waals surface area contributed by atoms with Crippen LogP contribution in [-0.4, -0.2) is 35.9 Å². The summed E-state index contributed by atoms with van der Waals surface area (Å²) in [6.45, 7) is 5.21. The molecule has 0 saturated carbocycles. The lowest BCUT2D eigenvalue weighted by Crippen LogP contribution is -2.11. The van der Waals surface area contributed by atoms with Crippen LogP contribution in [0.15, 0.2) is 12.1 Å². The number of nitrogens with zero attached hydrogens (tertiary/aromatic N) is 1. The predicted octanol–water partition coefficient (Wildman–Crippen LogP) is 1.89. The van der Waals surface area contributed by atoms with Crippen molar-refractivity contribution in [2.24, 2.45) is 0 Å². The highest BCUT2D eigenvalue weighted by Crippen LogP contribution is 2.16. The van der Waals surface area contributed by atoms with E-state index in [0.29, 0.717) is 25.5 Å². The molecular weight excluding hydrogens is 222 g/mol. The van der Waals surface area contributed by atoms with Gasteiger partial charge in [-0.2, -0.15) is 0 Å². The molecule has 1 heterocycles. The second-order valence-corrected chi connectivity index (χ2v) is 3.57. The van der Waals surface area contributed by atoms with Crippen LogP contribution in [0.3, 0.4) is 0 Å². The lowest BCUT2D eigenvalue weighted by Gasteiger charge is -2.09. The maximum absolute atomic E-state index is 10.9. The lowest BCUT2D eigenvalue weighted by atomic mass is 10.3. The van der Waals surface area contributed by atoms with Gasteiger partial charge in [0, 0.05) is 12.3 Å². The Bertz CT molecular complexity index is 379. The van der Waals surface area contributed by atoms with Crippen molar-refractivity contribution in [3.63, 3.8) is 0 Å². The molecule has 0 aromatic carbocycles. The van der Waals surface area contributed by atoms with Crippen LogP contribution in [-0.2, 0) is 4.74 Å². The molecule has 0 unspecified atom stereocenters. The lowest BCUT2D eigenvalue weighted by molar-refractivity contribution is 0.0677. The molecule has 0 aliphatic carbocycles. The van der Waals surface area contributed by atoms with Gasteiger partial charge in [0.15, 0.2) is 11.4 Å². The smallest absolute Gasteiger partial charge is 0.358 e. The standard InChI is InChI=1S/C12H17NO4/c1-3-6-16-7-8-17-10-5-4-9(2)13-11(10)12(14)15/h4-5H,3,6-8H2,1-2H3,(H,14,15). The van der Waals surface area contributed by atoms with Gasteiger partial charge in [-0.05, 0) is 25.5 Å². The summed E-state index contributed by atoms with van der Waals surface area (Å²) in [5.74, 6) is -0.804. The molecule has 1 N–H and O–H groups in total. The van der Waals surface area contributed by atoms with E-state index in [1.165, 1.54) is 0 Å². The van der Waals surface area contributed by atoms with Crippen molar-refractivity contribution in [2.75, 3.05) is 19.8 Å². The topological polar surface area (TPSA) is 68.7 Å². The molecule has 0 amide bonds. The minimum Gasteiger partial charge on any atom is -0.489 e. The Labute approximate surface area is 100 Å². The molecule has 1 rings (SSSR count). The summed E-state index contributed by atoms with van der Waals surface area (Å²) in [6, 6.07) is 3.33. The van der Waals surface area contributed by atoms with E-state index in [1.807, 2.05) is 6.92 Å². The number of aryl methyl sites for hydroxylation is 1. The summed E-state index contributed by atoms with van der Waals surface area (Å²) in [7, 11) is 0. The third-order valence-corrected chi connectivity index (χ3v) is 2.03. The SMILES string of the molecule is CCCOCCOc1ccc(C)nc1C(=O)O. The van der Waals surface area contributed by atoms with Gasteiger partial charge >= 0.3 is 5.97 Å². The molecule has 0 aliphatic heterocycles. The van der Waals surface area contributed by atoms with Gasteiger partial charge in [-0.15, -0.1) is 0 Å². The van der Waals surface area contributed by atoms with Crippen molar-refractivity contribution in [3.05, 3.63) is 23.5 Å². The molecule has 0 saturated heterocycles. The third-order valence-electron chi connectivity index (χ3n) is 2.03. The van der Waals surface area contributed by atoms with E-state index in [1.54, 1.807) is 19.1 Å². The first kappa shape index (κ1) is 13.4. The minimum absolute atomic E-state index is 0.0551. The fourth-order valence-electron chi connectivity index (χ4n) is 1.27. The van der Waals surface area contributed by atoms with Gasteiger partial charge in [0.25, 0.3) is 0 Å². The van der Waals surface area contributed by atoms with Crippen LogP contribution >= 0.6 is 0 Å². The highest BCUT2D eigenvalue weighted by Gasteiger charge is 2.13. The maximum atomic E-state index is 10.9. The van der Waals surface area contributed by atoms with Gasteiger partial charge in [0.2, 0.25) is 0 Å². The quantitative estimate of drug-likeness (QED) is 0.736. The fourth-order valence-corrected chi connectivity index (χ4v) is 1.27. The Morgan fingerprint density at radius 1 is 1.35 bits per heavy atom. The number of pyridine rings is 1. The molecule has 0 fully saturated rings. The first-order valence-corrected chi connectivity index (χ1v) is 5.56. The number of aromatic carboxylic acids is 1. The molecule has 5 nitrogen and oxygen atoms in total. The zero-order valence-electron chi connectivity index (χ0n) is 10.1. The van der Waals surface area contributed by atoms with E-state index in [-0.39, 0.29) is 11.4 Å². The largest absolute Gasteiger partial charge is 0.489 e. The number of ether oxygens (including phenoxy) is 2. The molecule has 5 heteroatoms. The van der Waals surface area contributed by atoms with Gasteiger partial charge in [-0.3, -0.25) is 0 Å². The zero-order chi connectivity index (χ0) is 12.7. The first-order chi connectivity index (χ1) is 8.15. The van der Waals surface area contributed by atoms with Crippen molar-refractivity contribution in [2.45, 2.75) is 20.3 Å². The zero-order valence-corrected chi connectivity index (χ0v) is 10.1.